The van der Waals surface area contributed by atoms with Crippen molar-refractivity contribution in [2.75, 3.05) is 0 Å². The Morgan fingerprint density at radius 3 is 1.11 bits per heavy atom. The third kappa shape index (κ3) is 10.3. The van der Waals surface area contributed by atoms with Crippen LogP contribution in [-0.4, -0.2) is 11.4 Å². The largest absolute Gasteiger partial charge is 2.00 e. The molecule has 0 saturated carbocycles. The van der Waals surface area contributed by atoms with Gasteiger partial charge < -0.3 is 24.8 Å². The van der Waals surface area contributed by atoms with E-state index in [1.54, 1.807) is 0 Å². The van der Waals surface area contributed by atoms with E-state index in [0.717, 1.165) is 25.7 Å². The first-order valence-electron chi connectivity index (χ1n) is 17.3. The molecule has 0 N–H and O–H groups in total. The number of rotatable bonds is 14. The molecule has 2 aromatic carbocycles. The predicted octanol–water partition coefficient (Wildman–Crippen LogP) is 6.20. The molecule has 0 unspecified atom stereocenters. The molecule has 2 aliphatic carbocycles. The maximum Gasteiger partial charge on any atom is 2.00 e. The molecule has 2 aliphatic heterocycles. The van der Waals surface area contributed by atoms with Crippen molar-refractivity contribution in [3.8, 4) is 0 Å². The molecule has 4 aliphatic rings. The van der Waals surface area contributed by atoms with Gasteiger partial charge in [0.25, 0.3) is 0 Å². The maximum absolute atomic E-state index is 4.95. The van der Waals surface area contributed by atoms with Gasteiger partial charge in [-0.05, 0) is 109 Å². The van der Waals surface area contributed by atoms with Crippen molar-refractivity contribution in [2.45, 2.75) is 105 Å². The van der Waals surface area contributed by atoms with Gasteiger partial charge in [0, 0.05) is 22.6 Å². The summed E-state index contributed by atoms with van der Waals surface area (Å²) < 4.78 is 0. The minimum atomic E-state index is 0. The summed E-state index contributed by atoms with van der Waals surface area (Å²) >= 11 is 0. The van der Waals surface area contributed by atoms with E-state index in [4.69, 9.17) is 9.98 Å². The Kier molecular flexibility index (Phi) is 18.2. The van der Waals surface area contributed by atoms with Crippen molar-refractivity contribution in [2.24, 2.45) is 9.98 Å². The number of halogens is 2. The Bertz CT molecular complexity index is 1450. The predicted molar refractivity (Wildman–Crippen MR) is 192 cm³/mol. The Morgan fingerprint density at radius 1 is 0.426 bits per heavy atom. The smallest absolute Gasteiger partial charge is 1.00 e. The van der Waals surface area contributed by atoms with Crippen LogP contribution in [0, 0.1) is 0 Å². The van der Waals surface area contributed by atoms with Crippen LogP contribution >= 0.6 is 0 Å². The molecule has 2 aromatic rings. The molecule has 0 spiro atoms. The average Bonchev–Trinajstić information content (AvgIpc) is 3.83. The van der Waals surface area contributed by atoms with Crippen LogP contribution in [0.5, 0.6) is 0 Å². The number of unbranched alkanes of at least 4 members (excludes halogenated alkanes) is 4. The maximum atomic E-state index is 4.95. The summed E-state index contributed by atoms with van der Waals surface area (Å²) in [6.07, 6.45) is 23.7. The number of fused-ring (bicyclic) bond motifs is 2. The van der Waals surface area contributed by atoms with E-state index >= 15 is 0 Å². The van der Waals surface area contributed by atoms with E-state index in [0.29, 0.717) is 0 Å². The van der Waals surface area contributed by atoms with E-state index in [1.165, 1.54) is 119 Å². The second-order valence-corrected chi connectivity index (χ2v) is 12.3. The molecule has 47 heavy (non-hydrogen) atoms. The Hall–Kier alpha value is -2.32. The number of aliphatic imine (C=N–C) groups is 2. The molecule has 0 atom stereocenters. The fourth-order valence-corrected chi connectivity index (χ4v) is 6.28. The van der Waals surface area contributed by atoms with Gasteiger partial charge in [-0.3, -0.25) is 9.98 Å². The summed E-state index contributed by atoms with van der Waals surface area (Å²) in [6.45, 7) is 8.99. The van der Waals surface area contributed by atoms with Gasteiger partial charge in [-0.25, -0.2) is 0 Å². The first kappa shape index (κ1) is 40.9. The van der Waals surface area contributed by atoms with E-state index in [1.807, 2.05) is 0 Å². The quantitative estimate of drug-likeness (QED) is 0.220. The summed E-state index contributed by atoms with van der Waals surface area (Å²) in [7, 11) is 0. The Morgan fingerprint density at radius 2 is 0.766 bits per heavy atom. The van der Waals surface area contributed by atoms with Gasteiger partial charge >= 0.3 is 26.2 Å². The van der Waals surface area contributed by atoms with Crippen LogP contribution < -0.4 is 24.8 Å². The topological polar surface area (TPSA) is 24.7 Å². The number of nitrogens with zero attached hydrogens (tertiary/aromatic N) is 2. The summed E-state index contributed by atoms with van der Waals surface area (Å²) in [6, 6.07) is 21.5. The van der Waals surface area contributed by atoms with Gasteiger partial charge in [0.05, 0.1) is 11.4 Å². The van der Waals surface area contributed by atoms with Gasteiger partial charge in [-0.1, -0.05) is 114 Å². The second-order valence-electron chi connectivity index (χ2n) is 12.3. The molecule has 2 nitrogen and oxygen atoms in total. The van der Waals surface area contributed by atoms with E-state index in [-0.39, 0.29) is 51.0 Å². The molecule has 5 heteroatoms. The van der Waals surface area contributed by atoms with E-state index < -0.39 is 0 Å². The zero-order valence-corrected chi connectivity index (χ0v) is 32.7. The van der Waals surface area contributed by atoms with Crippen molar-refractivity contribution in [1.29, 1.82) is 0 Å². The number of allylic oxidation sites excluding steroid dienone is 8. The zero-order chi connectivity index (χ0) is 30.7. The zero-order valence-electron chi connectivity index (χ0n) is 28.7. The minimum absolute atomic E-state index is 0. The van der Waals surface area contributed by atoms with Gasteiger partial charge in [0.1, 0.15) is 0 Å². The molecular formula is C42H50Cl2N2Zr. The van der Waals surface area contributed by atoms with Gasteiger partial charge in [-0.2, -0.15) is 0 Å². The van der Waals surface area contributed by atoms with Gasteiger partial charge in [0.2, 0.25) is 0 Å². The summed E-state index contributed by atoms with van der Waals surface area (Å²) in [4.78, 5) is 9.90. The molecule has 0 fully saturated rings. The molecule has 0 bridgehead atoms. The van der Waals surface area contributed by atoms with Crippen LogP contribution in [0.2, 0.25) is 0 Å². The molecule has 6 rings (SSSR count). The third-order valence-electron chi connectivity index (χ3n) is 8.81. The van der Waals surface area contributed by atoms with Crippen LogP contribution in [0.1, 0.15) is 116 Å². The number of benzene rings is 2. The first-order valence-corrected chi connectivity index (χ1v) is 17.3. The van der Waals surface area contributed by atoms with Crippen LogP contribution in [0.25, 0.3) is 11.1 Å². The number of hydrogen-bond acceptors (Lipinski definition) is 2. The SMILES string of the molecule is CCCCC1=NC2=C(CCCC)C=C(c3ccccc3)C2=C1.CCCCC1=NC2=C(CCCC)C=C(c3ccccc3)C2=C1.[Cl-].[Cl-].[Zr+2]. The van der Waals surface area contributed by atoms with Crippen LogP contribution in [0.4, 0.5) is 0 Å². The summed E-state index contributed by atoms with van der Waals surface area (Å²) in [5, 5.41) is 0. The minimum Gasteiger partial charge on any atom is -1.00 e. The average molecular weight is 745 g/mol. The van der Waals surface area contributed by atoms with Crippen LogP contribution in [0.3, 0.4) is 0 Å². The van der Waals surface area contributed by atoms with Crippen molar-refractivity contribution in [3.05, 3.63) is 130 Å². The van der Waals surface area contributed by atoms with Crippen molar-refractivity contribution in [1.82, 2.24) is 0 Å². The van der Waals surface area contributed by atoms with Crippen LogP contribution in [0.15, 0.2) is 129 Å². The molecule has 0 aromatic heterocycles. The van der Waals surface area contributed by atoms with Gasteiger partial charge in [0.15, 0.2) is 0 Å². The van der Waals surface area contributed by atoms with Crippen LogP contribution in [-0.2, 0) is 26.2 Å². The van der Waals surface area contributed by atoms with Gasteiger partial charge in [-0.15, -0.1) is 0 Å². The monoisotopic (exact) mass is 742 g/mol. The summed E-state index contributed by atoms with van der Waals surface area (Å²) in [5.74, 6) is 0. The second kappa shape index (κ2) is 20.9. The van der Waals surface area contributed by atoms with E-state index in [2.05, 4.69) is 113 Å². The normalized spacial score (nSPS) is 15.5. The molecule has 246 valence electrons. The third-order valence-corrected chi connectivity index (χ3v) is 8.81. The standard InChI is InChI=1S/2C21H25N.2ClH.Zr/c2*1-3-5-10-17-14-19(16-11-8-7-9-12-16)20-15-18(13-6-4-2)22-21(17)20;;;/h2*7-9,11-12,14-15H,3-6,10,13H2,1-2H3;2*1H;/q;;;;+2/p-2. The van der Waals surface area contributed by atoms with Crippen molar-refractivity contribution < 1.29 is 51.0 Å². The first-order chi connectivity index (χ1) is 21.7. The molecule has 0 radical (unpaired) electrons. The van der Waals surface area contributed by atoms with Crippen molar-refractivity contribution >= 4 is 22.6 Å². The molecule has 0 amide bonds. The number of hydrogen-bond donors (Lipinski definition) is 0. The Balaban J connectivity index is 0.000000307. The van der Waals surface area contributed by atoms with Crippen molar-refractivity contribution in [3.63, 3.8) is 0 Å². The molecular weight excluding hydrogens is 695 g/mol. The molecule has 0 saturated heterocycles. The summed E-state index contributed by atoms with van der Waals surface area (Å²) in [5.41, 5.74) is 15.9. The fraction of sp³-hybridized carbons (Fsp3) is 0.381. The molecule has 2 heterocycles. The Labute approximate surface area is 316 Å². The van der Waals surface area contributed by atoms with E-state index in [9.17, 15) is 0 Å². The fourth-order valence-electron chi connectivity index (χ4n) is 6.28.